The third-order valence-corrected chi connectivity index (χ3v) is 2.47. The van der Waals surface area contributed by atoms with E-state index < -0.39 is 0 Å². The molecule has 0 bridgehead atoms. The molecule has 0 radical (unpaired) electrons. The van der Waals surface area contributed by atoms with E-state index in [1.165, 1.54) is 0 Å². The Balaban J connectivity index is 2.60. The van der Waals surface area contributed by atoms with Crippen LogP contribution in [-0.2, 0) is 4.79 Å². The Morgan fingerprint density at radius 1 is 1.33 bits per heavy atom. The molecular formula is C11H23N3O. The van der Waals surface area contributed by atoms with Crippen molar-refractivity contribution in [1.29, 1.82) is 0 Å². The van der Waals surface area contributed by atoms with Crippen molar-refractivity contribution in [3.05, 3.63) is 0 Å². The van der Waals surface area contributed by atoms with Crippen LogP contribution in [0.4, 0.5) is 0 Å². The van der Waals surface area contributed by atoms with Gasteiger partial charge in [0, 0.05) is 32.1 Å². The van der Waals surface area contributed by atoms with Gasteiger partial charge < -0.3 is 5.73 Å². The lowest BCUT2D eigenvalue weighted by Gasteiger charge is -2.40. The van der Waals surface area contributed by atoms with Gasteiger partial charge in [-0.05, 0) is 19.3 Å². The standard InChI is InChI=1S/C11H23N3O/c1-9(2)7-14-11(15)5-4-6-13(14)8-10(3)12/h9-10H,4-8,12H2,1-3H3. The van der Waals surface area contributed by atoms with Gasteiger partial charge in [0.05, 0.1) is 0 Å². The van der Waals surface area contributed by atoms with E-state index in [0.717, 1.165) is 26.1 Å². The van der Waals surface area contributed by atoms with Crippen molar-refractivity contribution in [2.24, 2.45) is 11.7 Å². The average Bonchev–Trinajstić information content (AvgIpc) is 2.09. The Hall–Kier alpha value is -0.610. The number of nitrogens with two attached hydrogens (primary N) is 1. The Kier molecular flexibility index (Phi) is 4.54. The molecule has 0 spiro atoms. The molecule has 1 fully saturated rings. The monoisotopic (exact) mass is 213 g/mol. The van der Waals surface area contributed by atoms with Gasteiger partial charge in [-0.1, -0.05) is 13.8 Å². The molecule has 1 amide bonds. The quantitative estimate of drug-likeness (QED) is 0.752. The summed E-state index contributed by atoms with van der Waals surface area (Å²) < 4.78 is 0. The van der Waals surface area contributed by atoms with Crippen LogP contribution in [0.3, 0.4) is 0 Å². The summed E-state index contributed by atoms with van der Waals surface area (Å²) in [6, 6.07) is 0.116. The fourth-order valence-corrected chi connectivity index (χ4v) is 1.91. The molecule has 2 N–H and O–H groups in total. The number of hydrogen-bond acceptors (Lipinski definition) is 3. The molecule has 1 aliphatic heterocycles. The zero-order valence-electron chi connectivity index (χ0n) is 10.1. The van der Waals surface area contributed by atoms with Gasteiger partial charge in [0.25, 0.3) is 0 Å². The molecule has 0 aromatic rings. The zero-order chi connectivity index (χ0) is 11.4. The van der Waals surface area contributed by atoms with Crippen LogP contribution in [0.1, 0.15) is 33.6 Å². The first kappa shape index (κ1) is 12.5. The van der Waals surface area contributed by atoms with Gasteiger partial charge in [0.1, 0.15) is 0 Å². The van der Waals surface area contributed by atoms with Crippen molar-refractivity contribution in [2.75, 3.05) is 19.6 Å². The van der Waals surface area contributed by atoms with Gasteiger partial charge in [0.15, 0.2) is 0 Å². The molecule has 15 heavy (non-hydrogen) atoms. The second kappa shape index (κ2) is 5.47. The summed E-state index contributed by atoms with van der Waals surface area (Å²) in [6.07, 6.45) is 1.64. The van der Waals surface area contributed by atoms with Gasteiger partial charge in [0.2, 0.25) is 5.91 Å². The fourth-order valence-electron chi connectivity index (χ4n) is 1.91. The van der Waals surface area contributed by atoms with Gasteiger partial charge in [-0.3, -0.25) is 9.80 Å². The van der Waals surface area contributed by atoms with Crippen molar-refractivity contribution >= 4 is 5.91 Å². The smallest absolute Gasteiger partial charge is 0.236 e. The van der Waals surface area contributed by atoms with Crippen molar-refractivity contribution in [3.8, 4) is 0 Å². The first-order valence-corrected chi connectivity index (χ1v) is 5.81. The molecule has 1 rings (SSSR count). The van der Waals surface area contributed by atoms with E-state index in [1.54, 1.807) is 0 Å². The SMILES string of the molecule is CC(C)CN1C(=O)CCCN1CC(C)N. The molecule has 0 aromatic carbocycles. The number of carbonyl (C=O) groups excluding carboxylic acids is 1. The number of carbonyl (C=O) groups is 1. The second-order valence-electron chi connectivity index (χ2n) is 4.86. The molecule has 0 aliphatic carbocycles. The van der Waals surface area contributed by atoms with Gasteiger partial charge in [-0.15, -0.1) is 0 Å². The van der Waals surface area contributed by atoms with Gasteiger partial charge >= 0.3 is 0 Å². The van der Waals surface area contributed by atoms with E-state index in [4.69, 9.17) is 5.73 Å². The Bertz CT molecular complexity index is 216. The Morgan fingerprint density at radius 2 is 2.00 bits per heavy atom. The normalized spacial score (nSPS) is 21.1. The van der Waals surface area contributed by atoms with E-state index in [9.17, 15) is 4.79 Å². The van der Waals surface area contributed by atoms with E-state index in [0.29, 0.717) is 12.3 Å². The van der Waals surface area contributed by atoms with Crippen LogP contribution in [0, 0.1) is 5.92 Å². The first-order chi connectivity index (χ1) is 7.00. The van der Waals surface area contributed by atoms with Crippen LogP contribution in [0.5, 0.6) is 0 Å². The Labute approximate surface area is 92.4 Å². The summed E-state index contributed by atoms with van der Waals surface area (Å²) in [5.74, 6) is 0.748. The summed E-state index contributed by atoms with van der Waals surface area (Å²) in [4.78, 5) is 11.8. The van der Waals surface area contributed by atoms with E-state index >= 15 is 0 Å². The molecular weight excluding hydrogens is 190 g/mol. The highest BCUT2D eigenvalue weighted by Gasteiger charge is 2.26. The van der Waals surface area contributed by atoms with E-state index in [-0.39, 0.29) is 11.9 Å². The van der Waals surface area contributed by atoms with E-state index in [2.05, 4.69) is 18.9 Å². The minimum atomic E-state index is 0.116. The maximum atomic E-state index is 11.8. The summed E-state index contributed by atoms with van der Waals surface area (Å²) in [7, 11) is 0. The maximum absolute atomic E-state index is 11.8. The molecule has 1 heterocycles. The third kappa shape index (κ3) is 3.80. The number of amides is 1. The Morgan fingerprint density at radius 3 is 2.53 bits per heavy atom. The number of hydrazine groups is 1. The lowest BCUT2D eigenvalue weighted by atomic mass is 10.1. The summed E-state index contributed by atoms with van der Waals surface area (Å²) in [6.45, 7) is 8.79. The summed E-state index contributed by atoms with van der Waals surface area (Å²) in [5.41, 5.74) is 5.78. The molecule has 0 aromatic heterocycles. The highest BCUT2D eigenvalue weighted by molar-refractivity contribution is 5.76. The third-order valence-electron chi connectivity index (χ3n) is 2.47. The molecule has 1 saturated heterocycles. The highest BCUT2D eigenvalue weighted by Crippen LogP contribution is 2.14. The van der Waals surface area contributed by atoms with Crippen LogP contribution in [0.25, 0.3) is 0 Å². The molecule has 88 valence electrons. The number of rotatable bonds is 4. The average molecular weight is 213 g/mol. The fraction of sp³-hybridized carbons (Fsp3) is 0.909. The van der Waals surface area contributed by atoms with Crippen LogP contribution in [-0.4, -0.2) is 41.6 Å². The highest BCUT2D eigenvalue weighted by atomic mass is 16.2. The van der Waals surface area contributed by atoms with E-state index in [1.807, 2.05) is 11.9 Å². The predicted molar refractivity (Wildman–Crippen MR) is 61.0 cm³/mol. The topological polar surface area (TPSA) is 49.6 Å². The molecule has 4 heteroatoms. The molecule has 1 aliphatic rings. The molecule has 1 unspecified atom stereocenters. The van der Waals surface area contributed by atoms with Gasteiger partial charge in [-0.25, -0.2) is 5.01 Å². The van der Waals surface area contributed by atoms with Crippen molar-refractivity contribution in [3.63, 3.8) is 0 Å². The zero-order valence-corrected chi connectivity index (χ0v) is 10.1. The minimum absolute atomic E-state index is 0.116. The molecule has 1 atom stereocenters. The van der Waals surface area contributed by atoms with Crippen molar-refractivity contribution < 1.29 is 4.79 Å². The molecule has 4 nitrogen and oxygen atoms in total. The van der Waals surface area contributed by atoms with Crippen molar-refractivity contribution in [1.82, 2.24) is 10.0 Å². The number of hydrogen-bond donors (Lipinski definition) is 1. The maximum Gasteiger partial charge on any atom is 0.236 e. The van der Waals surface area contributed by atoms with Crippen LogP contribution in [0.15, 0.2) is 0 Å². The number of nitrogens with zero attached hydrogens (tertiary/aromatic N) is 2. The molecule has 0 saturated carbocycles. The second-order valence-corrected chi connectivity index (χ2v) is 4.86. The predicted octanol–water partition coefficient (Wildman–Crippen LogP) is 0.829. The van der Waals surface area contributed by atoms with Crippen LogP contribution >= 0.6 is 0 Å². The summed E-state index contributed by atoms with van der Waals surface area (Å²) in [5, 5.41) is 3.99. The van der Waals surface area contributed by atoms with Crippen molar-refractivity contribution in [2.45, 2.75) is 39.7 Å². The van der Waals surface area contributed by atoms with Gasteiger partial charge in [-0.2, -0.15) is 0 Å². The minimum Gasteiger partial charge on any atom is -0.327 e. The lowest BCUT2D eigenvalue weighted by molar-refractivity contribution is -0.157. The first-order valence-electron chi connectivity index (χ1n) is 5.81. The lowest BCUT2D eigenvalue weighted by Crippen LogP contribution is -2.54. The van der Waals surface area contributed by atoms with Crippen LogP contribution < -0.4 is 5.73 Å². The summed E-state index contributed by atoms with van der Waals surface area (Å²) >= 11 is 0. The largest absolute Gasteiger partial charge is 0.327 e. The van der Waals surface area contributed by atoms with Crippen LogP contribution in [0.2, 0.25) is 0 Å².